The predicted octanol–water partition coefficient (Wildman–Crippen LogP) is 4.86. The molecule has 184 valence electrons. The zero-order chi connectivity index (χ0) is 22.9. The molecule has 0 saturated carbocycles. The number of nitrogens with zero attached hydrogens (tertiary/aromatic N) is 2. The standard InChI is InChI=1S/C27H37N5O.HI/c1-2-28-27(30-19-23-17-26(33)31-25-14-8-7-13-24(23)25)29-18-21-11-5-6-12-22(21)20-32-15-9-3-4-10-16-32;/h5-8,11-14,23H,2-4,9-10,15-20H2,1H3,(H,31,33)(H2,28,29,30);1H. The predicted molar refractivity (Wildman–Crippen MR) is 151 cm³/mol. The number of amides is 1. The van der Waals surface area contributed by atoms with Crippen molar-refractivity contribution >= 4 is 41.5 Å². The molecule has 7 heteroatoms. The highest BCUT2D eigenvalue weighted by Gasteiger charge is 2.24. The average Bonchev–Trinajstić information content (AvgIpc) is 3.10. The maximum absolute atomic E-state index is 12.2. The largest absolute Gasteiger partial charge is 0.357 e. The molecule has 1 saturated heterocycles. The molecule has 2 aliphatic rings. The molecule has 0 bridgehead atoms. The smallest absolute Gasteiger partial charge is 0.225 e. The second-order valence-electron chi connectivity index (χ2n) is 9.07. The summed E-state index contributed by atoms with van der Waals surface area (Å²) in [6, 6.07) is 16.7. The van der Waals surface area contributed by atoms with Gasteiger partial charge >= 0.3 is 0 Å². The highest BCUT2D eigenvalue weighted by molar-refractivity contribution is 14.0. The van der Waals surface area contributed by atoms with Crippen LogP contribution in [0, 0.1) is 0 Å². The number of aliphatic imine (C=N–C) groups is 1. The first-order valence-corrected chi connectivity index (χ1v) is 12.4. The molecule has 2 heterocycles. The molecular formula is C27H38IN5O. The van der Waals surface area contributed by atoms with Crippen molar-refractivity contribution in [2.75, 3.05) is 31.5 Å². The number of likely N-dealkylation sites (tertiary alicyclic amines) is 1. The van der Waals surface area contributed by atoms with E-state index in [4.69, 9.17) is 4.99 Å². The number of halogens is 1. The van der Waals surface area contributed by atoms with Gasteiger partial charge in [0.15, 0.2) is 5.96 Å². The number of fused-ring (bicyclic) bond motifs is 1. The van der Waals surface area contributed by atoms with Gasteiger partial charge in [-0.15, -0.1) is 24.0 Å². The van der Waals surface area contributed by atoms with Crippen molar-refractivity contribution in [1.29, 1.82) is 0 Å². The van der Waals surface area contributed by atoms with Crippen molar-refractivity contribution in [3.05, 3.63) is 65.2 Å². The van der Waals surface area contributed by atoms with Crippen LogP contribution in [0.5, 0.6) is 0 Å². The monoisotopic (exact) mass is 575 g/mol. The van der Waals surface area contributed by atoms with E-state index in [0.717, 1.165) is 24.7 Å². The van der Waals surface area contributed by atoms with Crippen molar-refractivity contribution in [3.63, 3.8) is 0 Å². The summed E-state index contributed by atoms with van der Waals surface area (Å²) >= 11 is 0. The molecule has 2 aromatic rings. The molecular weight excluding hydrogens is 537 g/mol. The average molecular weight is 576 g/mol. The van der Waals surface area contributed by atoms with Crippen LogP contribution in [0.2, 0.25) is 0 Å². The van der Waals surface area contributed by atoms with Crippen LogP contribution in [0.1, 0.15) is 61.6 Å². The van der Waals surface area contributed by atoms with E-state index in [2.05, 4.69) is 58.1 Å². The lowest BCUT2D eigenvalue weighted by atomic mass is 9.90. The van der Waals surface area contributed by atoms with E-state index in [1.807, 2.05) is 18.2 Å². The number of benzene rings is 2. The van der Waals surface area contributed by atoms with Crippen LogP contribution >= 0.6 is 24.0 Å². The van der Waals surface area contributed by atoms with Gasteiger partial charge in [0.25, 0.3) is 0 Å². The Kier molecular flexibility index (Phi) is 10.7. The quantitative estimate of drug-likeness (QED) is 0.251. The lowest BCUT2D eigenvalue weighted by molar-refractivity contribution is -0.116. The number of carbonyl (C=O) groups is 1. The van der Waals surface area contributed by atoms with Gasteiger partial charge in [-0.1, -0.05) is 55.3 Å². The van der Waals surface area contributed by atoms with Crippen molar-refractivity contribution in [3.8, 4) is 0 Å². The molecule has 4 rings (SSSR count). The molecule has 1 unspecified atom stereocenters. The lowest BCUT2D eigenvalue weighted by Gasteiger charge is -2.26. The highest BCUT2D eigenvalue weighted by atomic mass is 127. The van der Waals surface area contributed by atoms with E-state index >= 15 is 0 Å². The minimum atomic E-state index is 0. The maximum atomic E-state index is 12.2. The summed E-state index contributed by atoms with van der Waals surface area (Å²) in [5.74, 6) is 1.00. The van der Waals surface area contributed by atoms with Crippen molar-refractivity contribution in [2.45, 2.75) is 58.0 Å². The normalized spacial score (nSPS) is 18.8. The number of para-hydroxylation sites is 1. The van der Waals surface area contributed by atoms with Crippen LogP contribution in [0.3, 0.4) is 0 Å². The molecule has 2 aromatic carbocycles. The fourth-order valence-corrected chi connectivity index (χ4v) is 4.81. The van der Waals surface area contributed by atoms with E-state index in [-0.39, 0.29) is 35.8 Å². The molecule has 34 heavy (non-hydrogen) atoms. The van der Waals surface area contributed by atoms with Crippen molar-refractivity contribution < 1.29 is 4.79 Å². The van der Waals surface area contributed by atoms with Gasteiger partial charge in [0.1, 0.15) is 0 Å². The zero-order valence-electron chi connectivity index (χ0n) is 20.2. The van der Waals surface area contributed by atoms with Gasteiger partial charge in [-0.3, -0.25) is 9.69 Å². The number of hydrogen-bond acceptors (Lipinski definition) is 3. The SMILES string of the molecule is CCNC(=NCc1ccccc1CN1CCCCCC1)NCC1CC(=O)Nc2ccccc21.I. The Hall–Kier alpha value is -2.13. The molecule has 6 nitrogen and oxygen atoms in total. The lowest BCUT2D eigenvalue weighted by Crippen LogP contribution is -2.40. The van der Waals surface area contributed by atoms with E-state index < -0.39 is 0 Å². The second-order valence-corrected chi connectivity index (χ2v) is 9.07. The van der Waals surface area contributed by atoms with Gasteiger partial charge < -0.3 is 16.0 Å². The van der Waals surface area contributed by atoms with E-state index in [1.54, 1.807) is 0 Å². The van der Waals surface area contributed by atoms with Crippen LogP contribution in [0.25, 0.3) is 0 Å². The van der Waals surface area contributed by atoms with Crippen molar-refractivity contribution in [1.82, 2.24) is 15.5 Å². The van der Waals surface area contributed by atoms with E-state index in [9.17, 15) is 4.79 Å². The second kappa shape index (κ2) is 13.7. The van der Waals surface area contributed by atoms with E-state index in [1.165, 1.54) is 55.5 Å². The Morgan fingerprint density at radius 3 is 2.47 bits per heavy atom. The topological polar surface area (TPSA) is 68.8 Å². The molecule has 0 spiro atoms. The Labute approximate surface area is 221 Å². The summed E-state index contributed by atoms with van der Waals surface area (Å²) in [4.78, 5) is 19.6. The number of carbonyl (C=O) groups excluding carboxylic acids is 1. The third-order valence-electron chi connectivity index (χ3n) is 6.59. The molecule has 0 aromatic heterocycles. The molecule has 3 N–H and O–H groups in total. The summed E-state index contributed by atoms with van der Waals surface area (Å²) in [6.45, 7) is 7.57. The number of nitrogens with one attached hydrogen (secondary N) is 3. The number of anilines is 1. The van der Waals surface area contributed by atoms with Crippen LogP contribution in [-0.2, 0) is 17.9 Å². The molecule has 0 aliphatic carbocycles. The minimum Gasteiger partial charge on any atom is -0.357 e. The van der Waals surface area contributed by atoms with Gasteiger partial charge in [0, 0.05) is 37.7 Å². The number of hydrogen-bond donors (Lipinski definition) is 3. The number of guanidine groups is 1. The molecule has 2 aliphatic heterocycles. The first kappa shape index (κ1) is 26.5. The zero-order valence-corrected chi connectivity index (χ0v) is 22.5. The third-order valence-corrected chi connectivity index (χ3v) is 6.59. The highest BCUT2D eigenvalue weighted by Crippen LogP contribution is 2.31. The Bertz CT molecular complexity index is 956. The van der Waals surface area contributed by atoms with Gasteiger partial charge in [0.2, 0.25) is 5.91 Å². The number of rotatable bonds is 7. The van der Waals surface area contributed by atoms with Crippen LogP contribution < -0.4 is 16.0 Å². The fourth-order valence-electron chi connectivity index (χ4n) is 4.81. The Morgan fingerprint density at radius 1 is 1.00 bits per heavy atom. The first-order valence-electron chi connectivity index (χ1n) is 12.4. The van der Waals surface area contributed by atoms with Crippen molar-refractivity contribution in [2.24, 2.45) is 4.99 Å². The van der Waals surface area contributed by atoms with Crippen LogP contribution in [-0.4, -0.2) is 42.9 Å². The van der Waals surface area contributed by atoms with Gasteiger partial charge in [-0.05, 0) is 55.6 Å². The molecule has 1 fully saturated rings. The fraction of sp³-hybridized carbons (Fsp3) is 0.481. The summed E-state index contributed by atoms with van der Waals surface area (Å²) < 4.78 is 0. The summed E-state index contributed by atoms with van der Waals surface area (Å²) in [6.07, 6.45) is 5.80. The van der Waals surface area contributed by atoms with Crippen LogP contribution in [0.4, 0.5) is 5.69 Å². The molecule has 1 amide bonds. The molecule has 1 atom stereocenters. The summed E-state index contributed by atoms with van der Waals surface area (Å²) in [5, 5.41) is 9.82. The van der Waals surface area contributed by atoms with Gasteiger partial charge in [0.05, 0.1) is 6.54 Å². The first-order chi connectivity index (χ1) is 16.2. The van der Waals surface area contributed by atoms with Gasteiger partial charge in [-0.25, -0.2) is 4.99 Å². The third kappa shape index (κ3) is 7.43. The summed E-state index contributed by atoms with van der Waals surface area (Å²) in [7, 11) is 0. The Balaban J connectivity index is 0.00000324. The van der Waals surface area contributed by atoms with Gasteiger partial charge in [-0.2, -0.15) is 0 Å². The van der Waals surface area contributed by atoms with Crippen LogP contribution in [0.15, 0.2) is 53.5 Å². The summed E-state index contributed by atoms with van der Waals surface area (Å²) in [5.41, 5.74) is 4.76. The minimum absolute atomic E-state index is 0. The maximum Gasteiger partial charge on any atom is 0.225 e. The van der Waals surface area contributed by atoms with E-state index in [0.29, 0.717) is 19.5 Å². The Morgan fingerprint density at radius 2 is 1.71 bits per heavy atom. The molecule has 0 radical (unpaired) electrons.